The third-order valence-electron chi connectivity index (χ3n) is 2.14. The standard InChI is InChI=1S/C13H13NO2S/c1-9(2)16-11-5-3-10(4-6-11)13(15)12-7-14-8-17-12/h3-9H,1-2H3. The smallest absolute Gasteiger partial charge is 0.204 e. The second kappa shape index (κ2) is 5.10. The number of hydrogen-bond acceptors (Lipinski definition) is 4. The molecule has 0 aliphatic rings. The zero-order valence-corrected chi connectivity index (χ0v) is 10.5. The summed E-state index contributed by atoms with van der Waals surface area (Å²) in [5.74, 6) is 0.782. The van der Waals surface area contributed by atoms with Gasteiger partial charge >= 0.3 is 0 Å². The summed E-state index contributed by atoms with van der Waals surface area (Å²) in [7, 11) is 0. The number of aromatic nitrogens is 1. The van der Waals surface area contributed by atoms with E-state index < -0.39 is 0 Å². The van der Waals surface area contributed by atoms with Crippen LogP contribution in [0.15, 0.2) is 36.0 Å². The van der Waals surface area contributed by atoms with Crippen molar-refractivity contribution in [1.29, 1.82) is 0 Å². The molecule has 1 aromatic heterocycles. The van der Waals surface area contributed by atoms with Crippen molar-refractivity contribution >= 4 is 17.1 Å². The van der Waals surface area contributed by atoms with Crippen LogP contribution < -0.4 is 4.74 Å². The van der Waals surface area contributed by atoms with E-state index in [-0.39, 0.29) is 11.9 Å². The Morgan fingerprint density at radius 2 is 2.00 bits per heavy atom. The van der Waals surface area contributed by atoms with Crippen molar-refractivity contribution in [3.8, 4) is 5.75 Å². The first-order valence-electron chi connectivity index (χ1n) is 5.36. The molecule has 0 atom stereocenters. The molecule has 2 aromatic rings. The first-order valence-corrected chi connectivity index (χ1v) is 6.24. The molecule has 0 fully saturated rings. The third kappa shape index (κ3) is 2.91. The molecule has 2 rings (SSSR count). The monoisotopic (exact) mass is 247 g/mol. The number of ether oxygens (including phenoxy) is 1. The number of carbonyl (C=O) groups is 1. The summed E-state index contributed by atoms with van der Waals surface area (Å²) < 4.78 is 5.52. The summed E-state index contributed by atoms with van der Waals surface area (Å²) in [5, 5.41) is 0. The van der Waals surface area contributed by atoms with Gasteiger partial charge in [0.05, 0.1) is 16.5 Å². The van der Waals surface area contributed by atoms with Gasteiger partial charge in [0.1, 0.15) is 5.75 Å². The zero-order valence-electron chi connectivity index (χ0n) is 9.71. The van der Waals surface area contributed by atoms with Gasteiger partial charge in [0.15, 0.2) is 0 Å². The predicted molar refractivity (Wildman–Crippen MR) is 67.8 cm³/mol. The van der Waals surface area contributed by atoms with Gasteiger partial charge in [0.2, 0.25) is 5.78 Å². The van der Waals surface area contributed by atoms with E-state index in [1.165, 1.54) is 11.3 Å². The number of hydrogen-bond donors (Lipinski definition) is 0. The molecule has 0 N–H and O–H groups in total. The Labute approximate surface area is 104 Å². The SMILES string of the molecule is CC(C)Oc1ccc(C(=O)c2cncs2)cc1. The summed E-state index contributed by atoms with van der Waals surface area (Å²) in [5.41, 5.74) is 2.31. The van der Waals surface area contributed by atoms with Crippen molar-refractivity contribution in [3.05, 3.63) is 46.4 Å². The van der Waals surface area contributed by atoms with Crippen molar-refractivity contribution in [1.82, 2.24) is 4.98 Å². The van der Waals surface area contributed by atoms with Crippen LogP contribution in [0.3, 0.4) is 0 Å². The molecule has 0 bridgehead atoms. The minimum Gasteiger partial charge on any atom is -0.491 e. The van der Waals surface area contributed by atoms with Gasteiger partial charge in [0, 0.05) is 11.8 Å². The highest BCUT2D eigenvalue weighted by Crippen LogP contribution is 2.17. The molecule has 1 heterocycles. The first-order chi connectivity index (χ1) is 8.16. The van der Waals surface area contributed by atoms with Crippen molar-refractivity contribution in [2.24, 2.45) is 0 Å². The number of rotatable bonds is 4. The molecule has 0 saturated heterocycles. The van der Waals surface area contributed by atoms with Gasteiger partial charge in [-0.1, -0.05) is 0 Å². The van der Waals surface area contributed by atoms with Crippen LogP contribution in [0.25, 0.3) is 0 Å². The normalized spacial score (nSPS) is 10.5. The van der Waals surface area contributed by atoms with E-state index in [0.29, 0.717) is 10.4 Å². The summed E-state index contributed by atoms with van der Waals surface area (Å²) >= 11 is 1.35. The number of nitrogens with zero attached hydrogens (tertiary/aromatic N) is 1. The number of thiazole rings is 1. The lowest BCUT2D eigenvalue weighted by Gasteiger charge is -2.09. The lowest BCUT2D eigenvalue weighted by Crippen LogP contribution is -2.06. The van der Waals surface area contributed by atoms with E-state index in [1.807, 2.05) is 26.0 Å². The minimum absolute atomic E-state index is 0.00333. The Kier molecular flexibility index (Phi) is 3.54. The van der Waals surface area contributed by atoms with Crippen LogP contribution in [0.2, 0.25) is 0 Å². The van der Waals surface area contributed by atoms with E-state index in [4.69, 9.17) is 4.74 Å². The topological polar surface area (TPSA) is 39.2 Å². The zero-order chi connectivity index (χ0) is 12.3. The molecule has 0 aliphatic carbocycles. The molecule has 0 amide bonds. The van der Waals surface area contributed by atoms with E-state index in [1.54, 1.807) is 23.8 Å². The average molecular weight is 247 g/mol. The van der Waals surface area contributed by atoms with Gasteiger partial charge in [-0.2, -0.15) is 0 Å². The lowest BCUT2D eigenvalue weighted by molar-refractivity contribution is 0.104. The third-order valence-corrected chi connectivity index (χ3v) is 2.92. The maximum Gasteiger partial charge on any atom is 0.204 e. The van der Waals surface area contributed by atoms with Gasteiger partial charge in [-0.15, -0.1) is 11.3 Å². The Morgan fingerprint density at radius 3 is 2.53 bits per heavy atom. The molecule has 4 heteroatoms. The average Bonchev–Trinajstić information content (AvgIpc) is 2.82. The van der Waals surface area contributed by atoms with Crippen LogP contribution in [0, 0.1) is 0 Å². The van der Waals surface area contributed by atoms with Crippen LogP contribution in [-0.4, -0.2) is 16.9 Å². The molecule has 0 unspecified atom stereocenters. The van der Waals surface area contributed by atoms with Gasteiger partial charge in [-0.05, 0) is 38.1 Å². The lowest BCUT2D eigenvalue weighted by atomic mass is 10.1. The van der Waals surface area contributed by atoms with Gasteiger partial charge in [-0.3, -0.25) is 9.78 Å². The summed E-state index contributed by atoms with van der Waals surface area (Å²) in [6.45, 7) is 3.94. The fraction of sp³-hybridized carbons (Fsp3) is 0.231. The second-order valence-corrected chi connectivity index (χ2v) is 4.77. The molecule has 0 aliphatic heterocycles. The van der Waals surface area contributed by atoms with Crippen molar-refractivity contribution < 1.29 is 9.53 Å². The van der Waals surface area contributed by atoms with Crippen molar-refractivity contribution in [3.63, 3.8) is 0 Å². The van der Waals surface area contributed by atoms with E-state index in [2.05, 4.69) is 4.98 Å². The summed E-state index contributed by atoms with van der Waals surface area (Å²) in [4.78, 5) is 16.5. The Morgan fingerprint density at radius 1 is 1.29 bits per heavy atom. The highest BCUT2D eigenvalue weighted by atomic mass is 32.1. The first kappa shape index (κ1) is 11.8. The van der Waals surface area contributed by atoms with Gasteiger partial charge in [-0.25, -0.2) is 0 Å². The molecule has 0 radical (unpaired) electrons. The maximum absolute atomic E-state index is 12.0. The van der Waals surface area contributed by atoms with Crippen LogP contribution in [-0.2, 0) is 0 Å². The number of carbonyl (C=O) groups excluding carboxylic acids is 1. The molecule has 3 nitrogen and oxygen atoms in total. The fourth-order valence-electron chi connectivity index (χ4n) is 1.43. The van der Waals surface area contributed by atoms with Crippen LogP contribution in [0.4, 0.5) is 0 Å². The highest BCUT2D eigenvalue weighted by molar-refractivity contribution is 7.11. The quantitative estimate of drug-likeness (QED) is 0.779. The predicted octanol–water partition coefficient (Wildman–Crippen LogP) is 3.16. The summed E-state index contributed by atoms with van der Waals surface area (Å²) in [6.07, 6.45) is 1.73. The number of benzene rings is 1. The Bertz CT molecular complexity index is 489. The second-order valence-electron chi connectivity index (χ2n) is 3.89. The van der Waals surface area contributed by atoms with Crippen LogP contribution >= 0.6 is 11.3 Å². The van der Waals surface area contributed by atoms with Gasteiger partial charge in [0.25, 0.3) is 0 Å². The van der Waals surface area contributed by atoms with Gasteiger partial charge < -0.3 is 4.74 Å². The molecular weight excluding hydrogens is 234 g/mol. The maximum atomic E-state index is 12.0. The highest BCUT2D eigenvalue weighted by Gasteiger charge is 2.10. The number of ketones is 1. The minimum atomic E-state index is 0.00333. The molecule has 17 heavy (non-hydrogen) atoms. The largest absolute Gasteiger partial charge is 0.491 e. The van der Waals surface area contributed by atoms with E-state index in [9.17, 15) is 4.79 Å². The summed E-state index contributed by atoms with van der Waals surface area (Å²) in [6, 6.07) is 7.18. The molecule has 1 aromatic carbocycles. The molecule has 0 saturated carbocycles. The van der Waals surface area contributed by atoms with E-state index >= 15 is 0 Å². The Hall–Kier alpha value is -1.68. The van der Waals surface area contributed by atoms with Crippen LogP contribution in [0.5, 0.6) is 5.75 Å². The molecule has 88 valence electrons. The van der Waals surface area contributed by atoms with Crippen molar-refractivity contribution in [2.45, 2.75) is 20.0 Å². The van der Waals surface area contributed by atoms with Crippen LogP contribution in [0.1, 0.15) is 29.1 Å². The van der Waals surface area contributed by atoms with Crippen molar-refractivity contribution in [2.75, 3.05) is 0 Å². The molecule has 0 spiro atoms. The van der Waals surface area contributed by atoms with E-state index in [0.717, 1.165) is 5.75 Å². The molecular formula is C13H13NO2S. The Balaban J connectivity index is 2.15. The fourth-order valence-corrected chi connectivity index (χ4v) is 2.01.